The molecule has 1 aliphatic rings. The molecule has 0 spiro atoms. The topological polar surface area (TPSA) is 79.0 Å². The van der Waals surface area contributed by atoms with E-state index in [1.807, 2.05) is 30.3 Å². The number of nitrogens with one attached hydrogen (secondary N) is 3. The standard InChI is InChI=1S/C19H20N4O2.ClH/c1-25-17-7-6-12-4-2-3-5-13(12)14(17)11-21-19(24)18-15-10-20-9-8-16(15)22-23-18;/h2-7,20H,8-11H2,1H3,(H,21,24)(H,22,23);1H. The lowest BCUT2D eigenvalue weighted by atomic mass is 10.0. The number of aromatic amines is 1. The van der Waals surface area contributed by atoms with E-state index in [2.05, 4.69) is 26.9 Å². The number of ether oxygens (including phenoxy) is 1. The summed E-state index contributed by atoms with van der Waals surface area (Å²) in [6.45, 7) is 1.97. The second-order valence-electron chi connectivity index (χ2n) is 6.11. The molecular weight excluding hydrogens is 352 g/mol. The fourth-order valence-corrected chi connectivity index (χ4v) is 3.35. The number of benzene rings is 2. The fourth-order valence-electron chi connectivity index (χ4n) is 3.35. The Bertz CT molecular complexity index is 938. The molecule has 1 amide bonds. The Morgan fingerprint density at radius 1 is 1.27 bits per heavy atom. The first-order valence-electron chi connectivity index (χ1n) is 8.37. The van der Waals surface area contributed by atoms with Crippen LogP contribution in [0.15, 0.2) is 36.4 Å². The summed E-state index contributed by atoms with van der Waals surface area (Å²) in [5.41, 5.74) is 3.46. The van der Waals surface area contributed by atoms with Crippen LogP contribution in [0.3, 0.4) is 0 Å². The van der Waals surface area contributed by atoms with Crippen LogP contribution in [0, 0.1) is 0 Å². The molecule has 4 rings (SSSR count). The third kappa shape index (κ3) is 3.25. The van der Waals surface area contributed by atoms with Gasteiger partial charge in [0.25, 0.3) is 5.91 Å². The highest BCUT2D eigenvalue weighted by Crippen LogP contribution is 2.28. The van der Waals surface area contributed by atoms with Gasteiger partial charge in [0.15, 0.2) is 5.69 Å². The Kier molecular flexibility index (Phi) is 5.44. The minimum atomic E-state index is -0.170. The number of nitrogens with zero attached hydrogens (tertiary/aromatic N) is 1. The van der Waals surface area contributed by atoms with Crippen molar-refractivity contribution < 1.29 is 9.53 Å². The number of H-pyrrole nitrogens is 1. The lowest BCUT2D eigenvalue weighted by molar-refractivity contribution is 0.0944. The maximum absolute atomic E-state index is 12.6. The predicted molar refractivity (Wildman–Crippen MR) is 103 cm³/mol. The Morgan fingerprint density at radius 3 is 2.96 bits per heavy atom. The van der Waals surface area contributed by atoms with Crippen molar-refractivity contribution in [1.29, 1.82) is 0 Å². The van der Waals surface area contributed by atoms with Gasteiger partial charge in [-0.3, -0.25) is 9.89 Å². The molecule has 26 heavy (non-hydrogen) atoms. The van der Waals surface area contributed by atoms with Gasteiger partial charge in [0.05, 0.1) is 7.11 Å². The molecule has 0 saturated carbocycles. The molecule has 0 unspecified atom stereocenters. The highest BCUT2D eigenvalue weighted by molar-refractivity contribution is 5.94. The molecule has 6 nitrogen and oxygen atoms in total. The SMILES string of the molecule is COc1ccc2ccccc2c1CNC(=O)c1n[nH]c2c1CNCC2.Cl. The van der Waals surface area contributed by atoms with Gasteiger partial charge in [-0.1, -0.05) is 30.3 Å². The second-order valence-corrected chi connectivity index (χ2v) is 6.11. The molecule has 1 aliphatic heterocycles. The van der Waals surface area contributed by atoms with Gasteiger partial charge >= 0.3 is 0 Å². The molecule has 0 bridgehead atoms. The molecule has 0 atom stereocenters. The number of methoxy groups -OCH3 is 1. The minimum absolute atomic E-state index is 0. The quantitative estimate of drug-likeness (QED) is 0.657. The third-order valence-electron chi connectivity index (χ3n) is 4.66. The van der Waals surface area contributed by atoms with E-state index >= 15 is 0 Å². The van der Waals surface area contributed by atoms with Gasteiger partial charge in [0.1, 0.15) is 5.75 Å². The van der Waals surface area contributed by atoms with Crippen LogP contribution in [0.4, 0.5) is 0 Å². The van der Waals surface area contributed by atoms with Crippen LogP contribution < -0.4 is 15.4 Å². The normalized spacial score (nSPS) is 13.0. The third-order valence-corrected chi connectivity index (χ3v) is 4.66. The lowest BCUT2D eigenvalue weighted by Gasteiger charge is -2.14. The number of carbonyl (C=O) groups is 1. The Hall–Kier alpha value is -2.57. The molecule has 3 N–H and O–H groups in total. The molecule has 1 aromatic heterocycles. The van der Waals surface area contributed by atoms with Crippen molar-refractivity contribution in [3.63, 3.8) is 0 Å². The molecule has 0 aliphatic carbocycles. The van der Waals surface area contributed by atoms with E-state index in [1.165, 1.54) is 0 Å². The number of hydrogen-bond donors (Lipinski definition) is 3. The zero-order chi connectivity index (χ0) is 17.2. The van der Waals surface area contributed by atoms with Gasteiger partial charge in [0.2, 0.25) is 0 Å². The molecule has 0 fully saturated rings. The van der Waals surface area contributed by atoms with Crippen LogP contribution >= 0.6 is 12.4 Å². The minimum Gasteiger partial charge on any atom is -0.496 e. The van der Waals surface area contributed by atoms with E-state index in [9.17, 15) is 4.79 Å². The number of rotatable bonds is 4. The lowest BCUT2D eigenvalue weighted by Crippen LogP contribution is -2.28. The fraction of sp³-hybridized carbons (Fsp3) is 0.263. The molecular formula is C19H21ClN4O2. The molecule has 2 heterocycles. The summed E-state index contributed by atoms with van der Waals surface area (Å²) in [6, 6.07) is 12.0. The molecule has 3 aromatic rings. The number of amides is 1. The zero-order valence-electron chi connectivity index (χ0n) is 14.5. The van der Waals surface area contributed by atoms with Crippen LogP contribution in [-0.4, -0.2) is 29.8 Å². The maximum Gasteiger partial charge on any atom is 0.272 e. The average molecular weight is 373 g/mol. The van der Waals surface area contributed by atoms with E-state index in [1.54, 1.807) is 7.11 Å². The van der Waals surface area contributed by atoms with E-state index in [0.717, 1.165) is 46.3 Å². The first-order chi connectivity index (χ1) is 12.3. The number of fused-ring (bicyclic) bond motifs is 2. The van der Waals surface area contributed by atoms with Crippen molar-refractivity contribution in [2.24, 2.45) is 0 Å². The summed E-state index contributed by atoms with van der Waals surface area (Å²) in [5, 5.41) is 15.7. The van der Waals surface area contributed by atoms with E-state index in [-0.39, 0.29) is 18.3 Å². The van der Waals surface area contributed by atoms with Gasteiger partial charge in [0, 0.05) is 42.9 Å². The second kappa shape index (κ2) is 7.76. The number of carbonyl (C=O) groups excluding carboxylic acids is 1. The summed E-state index contributed by atoms with van der Waals surface area (Å²) < 4.78 is 5.48. The van der Waals surface area contributed by atoms with Gasteiger partial charge in [-0.25, -0.2) is 0 Å². The highest BCUT2D eigenvalue weighted by Gasteiger charge is 2.21. The summed E-state index contributed by atoms with van der Waals surface area (Å²) in [4.78, 5) is 12.6. The monoisotopic (exact) mass is 372 g/mol. The van der Waals surface area contributed by atoms with Crippen LogP contribution in [0.5, 0.6) is 5.75 Å². The van der Waals surface area contributed by atoms with Crippen LogP contribution in [-0.2, 0) is 19.5 Å². The van der Waals surface area contributed by atoms with E-state index in [4.69, 9.17) is 4.74 Å². The number of hydrogen-bond acceptors (Lipinski definition) is 4. The Labute approximate surface area is 157 Å². The summed E-state index contributed by atoms with van der Waals surface area (Å²) in [7, 11) is 1.64. The average Bonchev–Trinajstić information content (AvgIpc) is 3.10. The number of halogens is 1. The molecule has 0 radical (unpaired) electrons. The van der Waals surface area contributed by atoms with Crippen molar-refractivity contribution >= 4 is 29.1 Å². The molecule has 136 valence electrons. The summed E-state index contributed by atoms with van der Waals surface area (Å²) >= 11 is 0. The molecule has 7 heteroatoms. The smallest absolute Gasteiger partial charge is 0.272 e. The largest absolute Gasteiger partial charge is 0.496 e. The van der Waals surface area contributed by atoms with Crippen molar-refractivity contribution in [3.8, 4) is 5.75 Å². The predicted octanol–water partition coefficient (Wildman–Crippen LogP) is 2.57. The highest BCUT2D eigenvalue weighted by atomic mass is 35.5. The maximum atomic E-state index is 12.6. The first-order valence-corrected chi connectivity index (χ1v) is 8.37. The van der Waals surface area contributed by atoms with Gasteiger partial charge in [-0.15, -0.1) is 12.4 Å². The summed E-state index contributed by atoms with van der Waals surface area (Å²) in [6.07, 6.45) is 0.868. The first kappa shape index (κ1) is 18.2. The number of aromatic nitrogens is 2. The van der Waals surface area contributed by atoms with Crippen molar-refractivity contribution in [3.05, 3.63) is 58.9 Å². The van der Waals surface area contributed by atoms with Gasteiger partial charge in [-0.2, -0.15) is 5.10 Å². The van der Waals surface area contributed by atoms with E-state index in [0.29, 0.717) is 18.8 Å². The van der Waals surface area contributed by atoms with E-state index < -0.39 is 0 Å². The van der Waals surface area contributed by atoms with Crippen molar-refractivity contribution in [2.75, 3.05) is 13.7 Å². The Balaban J connectivity index is 0.00000196. The van der Waals surface area contributed by atoms with Crippen molar-refractivity contribution in [1.82, 2.24) is 20.8 Å². The molecule has 0 saturated heterocycles. The zero-order valence-corrected chi connectivity index (χ0v) is 15.3. The van der Waals surface area contributed by atoms with Crippen LogP contribution in [0.1, 0.15) is 27.3 Å². The Morgan fingerprint density at radius 2 is 2.12 bits per heavy atom. The van der Waals surface area contributed by atoms with Crippen molar-refractivity contribution in [2.45, 2.75) is 19.5 Å². The van der Waals surface area contributed by atoms with Gasteiger partial charge < -0.3 is 15.4 Å². The van der Waals surface area contributed by atoms with Crippen LogP contribution in [0.2, 0.25) is 0 Å². The van der Waals surface area contributed by atoms with Gasteiger partial charge in [-0.05, 0) is 16.8 Å². The summed E-state index contributed by atoms with van der Waals surface area (Å²) in [5.74, 6) is 0.598. The molecule has 2 aromatic carbocycles. The van der Waals surface area contributed by atoms with Crippen LogP contribution in [0.25, 0.3) is 10.8 Å².